The lowest BCUT2D eigenvalue weighted by Crippen LogP contribution is -2.60. The van der Waals surface area contributed by atoms with Crippen LogP contribution >= 0.6 is 0 Å². The predicted octanol–water partition coefficient (Wildman–Crippen LogP) is 2.13. The number of hydrogen-bond donors (Lipinski definition) is 0. The van der Waals surface area contributed by atoms with Crippen LogP contribution in [0, 0.1) is 0 Å². The van der Waals surface area contributed by atoms with E-state index in [1.807, 2.05) is 0 Å². The molecule has 1 rings (SSSR count). The molecule has 8 heteroatoms. The van der Waals surface area contributed by atoms with Crippen molar-refractivity contribution in [3.05, 3.63) is 0 Å². The Bertz CT molecular complexity index is 349. The first-order chi connectivity index (χ1) is 8.44. The number of halogens is 5. The summed E-state index contributed by atoms with van der Waals surface area (Å²) in [5.41, 5.74) is -0.494. The van der Waals surface area contributed by atoms with E-state index >= 15 is 0 Å². The third-order valence-corrected chi connectivity index (χ3v) is 3.74. The zero-order chi connectivity index (χ0) is 15.1. The van der Waals surface area contributed by atoms with E-state index in [1.165, 1.54) is 0 Å². The van der Waals surface area contributed by atoms with Gasteiger partial charge in [-0.15, -0.1) is 0 Å². The Morgan fingerprint density at radius 3 is 1.84 bits per heavy atom. The fourth-order valence-electron chi connectivity index (χ4n) is 2.21. The predicted molar refractivity (Wildman–Crippen MR) is 58.9 cm³/mol. The topological polar surface area (TPSA) is 23.6 Å². The quantitative estimate of drug-likeness (QED) is 0.740. The van der Waals surface area contributed by atoms with E-state index in [9.17, 15) is 26.7 Å². The smallest absolute Gasteiger partial charge is 0.338 e. The van der Waals surface area contributed by atoms with Gasteiger partial charge in [-0.3, -0.25) is 4.79 Å². The molecule has 1 aliphatic carbocycles. The molecule has 0 heterocycles. The number of likely N-dealkylation sites (N-methyl/N-ethyl adjacent to an activating group) is 2. The minimum Gasteiger partial charge on any atom is -0.338 e. The maximum Gasteiger partial charge on any atom is 0.463 e. The van der Waals surface area contributed by atoms with E-state index in [2.05, 4.69) is 0 Å². The van der Waals surface area contributed by atoms with Crippen molar-refractivity contribution in [2.24, 2.45) is 0 Å². The molecule has 0 atom stereocenters. The van der Waals surface area contributed by atoms with Crippen molar-refractivity contribution in [2.45, 2.75) is 36.9 Å². The maximum atomic E-state index is 12.9. The Balaban J connectivity index is 2.79. The largest absolute Gasteiger partial charge is 0.463 e. The van der Waals surface area contributed by atoms with Gasteiger partial charge < -0.3 is 9.80 Å². The Hall–Kier alpha value is -0.920. The summed E-state index contributed by atoms with van der Waals surface area (Å²) in [6.07, 6.45) is -3.64. The average Bonchev–Trinajstić information content (AvgIpc) is 2.19. The van der Waals surface area contributed by atoms with Crippen LogP contribution in [0.15, 0.2) is 0 Å². The molecule has 19 heavy (non-hydrogen) atoms. The first-order valence-electron chi connectivity index (χ1n) is 5.81. The van der Waals surface area contributed by atoms with Crippen LogP contribution in [-0.2, 0) is 4.79 Å². The normalized spacial score (nSPS) is 19.2. The van der Waals surface area contributed by atoms with Crippen LogP contribution in [-0.4, -0.2) is 61.0 Å². The standard InChI is InChI=1S/C11H17F5N2O/c1-17(2)9(5-4-6-9)7-18(3)8(19)10(12,13)11(14,15)16/h4-7H2,1-3H3. The lowest BCUT2D eigenvalue weighted by atomic mass is 9.75. The Labute approximate surface area is 108 Å². The van der Waals surface area contributed by atoms with Crippen molar-refractivity contribution in [3.63, 3.8) is 0 Å². The second-order valence-electron chi connectivity index (χ2n) is 5.21. The second kappa shape index (κ2) is 4.88. The molecule has 1 aliphatic rings. The van der Waals surface area contributed by atoms with E-state index in [0.717, 1.165) is 13.5 Å². The number of amides is 1. The van der Waals surface area contributed by atoms with Gasteiger partial charge in [-0.1, -0.05) is 0 Å². The molecular weight excluding hydrogens is 271 g/mol. The molecule has 0 N–H and O–H groups in total. The average molecular weight is 288 g/mol. The van der Waals surface area contributed by atoms with Gasteiger partial charge in [0, 0.05) is 19.1 Å². The molecule has 1 fully saturated rings. The molecule has 0 aromatic heterocycles. The van der Waals surface area contributed by atoms with Crippen molar-refractivity contribution >= 4 is 5.91 Å². The first-order valence-corrected chi connectivity index (χ1v) is 5.81. The third kappa shape index (κ3) is 2.82. The molecule has 0 radical (unpaired) electrons. The maximum absolute atomic E-state index is 12.9. The SMILES string of the molecule is CN(CC1(N(C)C)CCC1)C(=O)C(F)(F)C(F)(F)F. The van der Waals surface area contributed by atoms with Crippen molar-refractivity contribution < 1.29 is 26.7 Å². The van der Waals surface area contributed by atoms with Gasteiger partial charge in [0.25, 0.3) is 0 Å². The van der Waals surface area contributed by atoms with Crippen LogP contribution in [0.5, 0.6) is 0 Å². The van der Waals surface area contributed by atoms with Crippen molar-refractivity contribution in [1.82, 2.24) is 9.80 Å². The highest BCUT2D eigenvalue weighted by atomic mass is 19.4. The van der Waals surface area contributed by atoms with Gasteiger partial charge >= 0.3 is 18.0 Å². The molecule has 0 saturated heterocycles. The number of hydrogen-bond acceptors (Lipinski definition) is 2. The summed E-state index contributed by atoms with van der Waals surface area (Å²) < 4.78 is 62.3. The minimum atomic E-state index is -5.86. The molecule has 0 aliphatic heterocycles. The molecular formula is C11H17F5N2O. The summed E-state index contributed by atoms with van der Waals surface area (Å²) in [6.45, 7) is -0.134. The van der Waals surface area contributed by atoms with Crippen molar-refractivity contribution in [3.8, 4) is 0 Å². The van der Waals surface area contributed by atoms with E-state index in [-0.39, 0.29) is 6.54 Å². The molecule has 0 spiro atoms. The molecule has 0 unspecified atom stereocenters. The van der Waals surface area contributed by atoms with E-state index in [1.54, 1.807) is 19.0 Å². The van der Waals surface area contributed by atoms with Crippen LogP contribution in [0.4, 0.5) is 22.0 Å². The molecule has 112 valence electrons. The van der Waals surface area contributed by atoms with E-state index in [4.69, 9.17) is 0 Å². The van der Waals surface area contributed by atoms with Crippen molar-refractivity contribution in [2.75, 3.05) is 27.7 Å². The number of carbonyl (C=O) groups is 1. The van der Waals surface area contributed by atoms with Crippen LogP contribution in [0.1, 0.15) is 19.3 Å². The second-order valence-corrected chi connectivity index (χ2v) is 5.21. The highest BCUT2D eigenvalue weighted by Crippen LogP contribution is 2.39. The summed E-state index contributed by atoms with van der Waals surface area (Å²) in [5.74, 6) is -7.54. The minimum absolute atomic E-state index is 0.134. The van der Waals surface area contributed by atoms with Gasteiger partial charge in [-0.25, -0.2) is 0 Å². The number of nitrogens with zero attached hydrogens (tertiary/aromatic N) is 2. The summed E-state index contributed by atoms with van der Waals surface area (Å²) >= 11 is 0. The third-order valence-electron chi connectivity index (χ3n) is 3.74. The van der Waals surface area contributed by atoms with Gasteiger partial charge in [0.2, 0.25) is 0 Å². The molecule has 0 aromatic rings. The Kier molecular flexibility index (Phi) is 4.15. The zero-order valence-corrected chi connectivity index (χ0v) is 11.0. The van der Waals surface area contributed by atoms with Crippen molar-refractivity contribution in [1.29, 1.82) is 0 Å². The van der Waals surface area contributed by atoms with Crippen LogP contribution in [0.25, 0.3) is 0 Å². The Morgan fingerprint density at radius 1 is 1.11 bits per heavy atom. The first kappa shape index (κ1) is 16.1. The highest BCUT2D eigenvalue weighted by Gasteiger charge is 2.64. The zero-order valence-electron chi connectivity index (χ0n) is 11.0. The van der Waals surface area contributed by atoms with E-state index in [0.29, 0.717) is 17.7 Å². The van der Waals surface area contributed by atoms with Gasteiger partial charge in [0.05, 0.1) is 0 Å². The van der Waals surface area contributed by atoms with Gasteiger partial charge in [-0.2, -0.15) is 22.0 Å². The number of alkyl halides is 5. The molecule has 3 nitrogen and oxygen atoms in total. The highest BCUT2D eigenvalue weighted by molar-refractivity contribution is 5.84. The lowest BCUT2D eigenvalue weighted by molar-refractivity contribution is -0.274. The molecule has 0 bridgehead atoms. The van der Waals surface area contributed by atoms with Gasteiger partial charge in [0.1, 0.15) is 0 Å². The monoisotopic (exact) mass is 288 g/mol. The number of carbonyl (C=O) groups excluding carboxylic acids is 1. The van der Waals surface area contributed by atoms with Gasteiger partial charge in [0.15, 0.2) is 0 Å². The molecule has 0 aromatic carbocycles. The fourth-order valence-corrected chi connectivity index (χ4v) is 2.21. The number of rotatable bonds is 4. The summed E-state index contributed by atoms with van der Waals surface area (Å²) in [7, 11) is 4.42. The van der Waals surface area contributed by atoms with E-state index < -0.39 is 23.5 Å². The Morgan fingerprint density at radius 2 is 1.58 bits per heavy atom. The summed E-state index contributed by atoms with van der Waals surface area (Å²) in [5, 5.41) is 0. The summed E-state index contributed by atoms with van der Waals surface area (Å²) in [6, 6.07) is 0. The lowest BCUT2D eigenvalue weighted by Gasteiger charge is -2.49. The summed E-state index contributed by atoms with van der Waals surface area (Å²) in [4.78, 5) is 13.5. The van der Waals surface area contributed by atoms with Crippen LogP contribution in [0.2, 0.25) is 0 Å². The molecule has 1 amide bonds. The van der Waals surface area contributed by atoms with Crippen LogP contribution in [0.3, 0.4) is 0 Å². The van der Waals surface area contributed by atoms with Gasteiger partial charge in [-0.05, 0) is 33.4 Å². The van der Waals surface area contributed by atoms with Crippen LogP contribution < -0.4 is 0 Å². The molecule has 1 saturated carbocycles. The fraction of sp³-hybridized carbons (Fsp3) is 0.909.